The van der Waals surface area contributed by atoms with Gasteiger partial charge in [0.1, 0.15) is 11.6 Å². The van der Waals surface area contributed by atoms with Crippen LogP contribution in [0.15, 0.2) is 30.3 Å². The Balaban J connectivity index is 2.18. The highest BCUT2D eigenvalue weighted by Crippen LogP contribution is 2.22. The minimum atomic E-state index is -0.504. The lowest BCUT2D eigenvalue weighted by atomic mass is 10.3. The average Bonchev–Trinajstić information content (AvgIpc) is 2.33. The Labute approximate surface area is 107 Å². The van der Waals surface area contributed by atoms with Crippen molar-refractivity contribution in [3.05, 3.63) is 46.9 Å². The van der Waals surface area contributed by atoms with Crippen LogP contribution in [0.1, 0.15) is 10.5 Å². The molecule has 0 aliphatic carbocycles. The van der Waals surface area contributed by atoms with Crippen LogP contribution < -0.4 is 11.1 Å². The molecule has 2 aromatic rings. The Morgan fingerprint density at radius 1 is 1.28 bits per heavy atom. The van der Waals surface area contributed by atoms with Gasteiger partial charge in [-0.15, -0.1) is 10.2 Å². The second-order valence-electron chi connectivity index (χ2n) is 3.42. The standard InChI is InChI=1S/C11H8ClFN4O/c12-7-5-6(13)1-2-8(7)15-11(18)9-3-4-10(14)17-16-9/h1-5H,(H2,14,17)(H,15,18). The molecule has 0 atom stereocenters. The molecule has 1 aromatic heterocycles. The molecule has 0 aliphatic heterocycles. The van der Waals surface area contributed by atoms with Crippen molar-refractivity contribution in [2.45, 2.75) is 0 Å². The predicted octanol–water partition coefficient (Wildman–Crippen LogP) is 2.10. The number of carbonyl (C=O) groups is 1. The smallest absolute Gasteiger partial charge is 0.276 e. The third-order valence-corrected chi connectivity index (χ3v) is 2.41. The molecule has 0 fully saturated rings. The van der Waals surface area contributed by atoms with E-state index in [0.717, 1.165) is 6.07 Å². The fourth-order valence-electron chi connectivity index (χ4n) is 1.24. The van der Waals surface area contributed by atoms with E-state index in [2.05, 4.69) is 15.5 Å². The molecule has 1 heterocycles. The quantitative estimate of drug-likeness (QED) is 0.872. The van der Waals surface area contributed by atoms with Crippen LogP contribution in [0.5, 0.6) is 0 Å². The molecule has 0 radical (unpaired) electrons. The molecule has 2 rings (SSSR count). The highest BCUT2D eigenvalue weighted by Gasteiger charge is 2.10. The first kappa shape index (κ1) is 12.3. The molecule has 7 heteroatoms. The second-order valence-corrected chi connectivity index (χ2v) is 3.83. The Bertz CT molecular complexity index is 588. The number of rotatable bonds is 2. The minimum Gasteiger partial charge on any atom is -0.382 e. The summed E-state index contributed by atoms with van der Waals surface area (Å²) in [5, 5.41) is 9.77. The third-order valence-electron chi connectivity index (χ3n) is 2.10. The topological polar surface area (TPSA) is 80.9 Å². The number of anilines is 2. The number of nitrogen functional groups attached to an aromatic ring is 1. The number of nitrogens with zero attached hydrogens (tertiary/aromatic N) is 2. The summed E-state index contributed by atoms with van der Waals surface area (Å²) < 4.78 is 12.8. The lowest BCUT2D eigenvalue weighted by molar-refractivity contribution is 0.102. The summed E-state index contributed by atoms with van der Waals surface area (Å²) in [4.78, 5) is 11.8. The van der Waals surface area contributed by atoms with Gasteiger partial charge in [-0.3, -0.25) is 4.79 Å². The Morgan fingerprint density at radius 3 is 2.67 bits per heavy atom. The maximum atomic E-state index is 12.8. The van der Waals surface area contributed by atoms with E-state index in [-0.39, 0.29) is 16.5 Å². The van der Waals surface area contributed by atoms with Crippen molar-refractivity contribution in [2.24, 2.45) is 0 Å². The van der Waals surface area contributed by atoms with Gasteiger partial charge in [0.2, 0.25) is 0 Å². The van der Waals surface area contributed by atoms with Crippen molar-refractivity contribution in [1.82, 2.24) is 10.2 Å². The number of nitrogens with one attached hydrogen (secondary N) is 1. The molecule has 1 aromatic carbocycles. The lowest BCUT2D eigenvalue weighted by Crippen LogP contribution is -2.15. The zero-order valence-electron chi connectivity index (χ0n) is 9.02. The van der Waals surface area contributed by atoms with Crippen LogP contribution in [-0.4, -0.2) is 16.1 Å². The fourth-order valence-corrected chi connectivity index (χ4v) is 1.46. The normalized spacial score (nSPS) is 10.1. The first-order valence-corrected chi connectivity index (χ1v) is 5.29. The fraction of sp³-hybridized carbons (Fsp3) is 0. The van der Waals surface area contributed by atoms with Gasteiger partial charge in [-0.25, -0.2) is 4.39 Å². The third kappa shape index (κ3) is 2.72. The zero-order chi connectivity index (χ0) is 13.1. The van der Waals surface area contributed by atoms with Gasteiger partial charge < -0.3 is 11.1 Å². The van der Waals surface area contributed by atoms with Crippen LogP contribution in [0, 0.1) is 5.82 Å². The highest BCUT2D eigenvalue weighted by molar-refractivity contribution is 6.33. The maximum absolute atomic E-state index is 12.8. The van der Waals surface area contributed by atoms with Gasteiger partial charge in [-0.1, -0.05) is 11.6 Å². The van der Waals surface area contributed by atoms with Gasteiger partial charge in [-0.2, -0.15) is 0 Å². The van der Waals surface area contributed by atoms with E-state index in [4.69, 9.17) is 17.3 Å². The molecule has 5 nitrogen and oxygen atoms in total. The van der Waals surface area contributed by atoms with E-state index in [9.17, 15) is 9.18 Å². The van der Waals surface area contributed by atoms with E-state index in [0.29, 0.717) is 5.69 Å². The SMILES string of the molecule is Nc1ccc(C(=O)Nc2ccc(F)cc2Cl)nn1. The molecular formula is C11H8ClFN4O. The first-order chi connectivity index (χ1) is 8.56. The Hall–Kier alpha value is -2.21. The van der Waals surface area contributed by atoms with Crippen molar-refractivity contribution >= 4 is 29.0 Å². The number of halogens is 2. The van der Waals surface area contributed by atoms with Crippen LogP contribution in [-0.2, 0) is 0 Å². The summed E-state index contributed by atoms with van der Waals surface area (Å²) in [6.07, 6.45) is 0. The lowest BCUT2D eigenvalue weighted by Gasteiger charge is -2.06. The van der Waals surface area contributed by atoms with Crippen LogP contribution in [0.25, 0.3) is 0 Å². The van der Waals surface area contributed by atoms with Crippen LogP contribution >= 0.6 is 11.6 Å². The van der Waals surface area contributed by atoms with Gasteiger partial charge in [0.15, 0.2) is 5.69 Å². The maximum Gasteiger partial charge on any atom is 0.276 e. The molecule has 0 saturated heterocycles. The van der Waals surface area contributed by atoms with Gasteiger partial charge in [0.25, 0.3) is 5.91 Å². The van der Waals surface area contributed by atoms with Crippen molar-refractivity contribution in [1.29, 1.82) is 0 Å². The summed E-state index contributed by atoms with van der Waals surface area (Å²) in [7, 11) is 0. The number of carbonyl (C=O) groups excluding carboxylic acids is 1. The van der Waals surface area contributed by atoms with Gasteiger partial charge in [-0.05, 0) is 30.3 Å². The van der Waals surface area contributed by atoms with Crippen molar-refractivity contribution in [3.8, 4) is 0 Å². The minimum absolute atomic E-state index is 0.0876. The molecule has 0 bridgehead atoms. The Kier molecular flexibility index (Phi) is 3.38. The van der Waals surface area contributed by atoms with Crippen molar-refractivity contribution in [2.75, 3.05) is 11.1 Å². The van der Waals surface area contributed by atoms with Crippen LogP contribution in [0.3, 0.4) is 0 Å². The zero-order valence-corrected chi connectivity index (χ0v) is 9.78. The second kappa shape index (κ2) is 4.97. The summed E-state index contributed by atoms with van der Waals surface area (Å²) >= 11 is 5.78. The highest BCUT2D eigenvalue weighted by atomic mass is 35.5. The molecule has 0 saturated carbocycles. The van der Waals surface area contributed by atoms with E-state index in [1.165, 1.54) is 24.3 Å². The predicted molar refractivity (Wildman–Crippen MR) is 65.8 cm³/mol. The summed E-state index contributed by atoms with van der Waals surface area (Å²) in [5.74, 6) is -0.771. The van der Waals surface area contributed by atoms with E-state index in [1.807, 2.05) is 0 Å². The van der Waals surface area contributed by atoms with Crippen LogP contribution in [0.2, 0.25) is 5.02 Å². The summed E-state index contributed by atoms with van der Waals surface area (Å²) in [6.45, 7) is 0. The molecule has 3 N–H and O–H groups in total. The molecule has 1 amide bonds. The van der Waals surface area contributed by atoms with E-state index < -0.39 is 11.7 Å². The number of benzene rings is 1. The molecule has 0 aliphatic rings. The largest absolute Gasteiger partial charge is 0.382 e. The van der Waals surface area contributed by atoms with Crippen molar-refractivity contribution < 1.29 is 9.18 Å². The van der Waals surface area contributed by atoms with Crippen LogP contribution in [0.4, 0.5) is 15.9 Å². The van der Waals surface area contributed by atoms with E-state index in [1.54, 1.807) is 0 Å². The van der Waals surface area contributed by atoms with Gasteiger partial charge in [0, 0.05) is 0 Å². The Morgan fingerprint density at radius 2 is 2.06 bits per heavy atom. The van der Waals surface area contributed by atoms with E-state index >= 15 is 0 Å². The number of hydrogen-bond acceptors (Lipinski definition) is 4. The van der Waals surface area contributed by atoms with Crippen molar-refractivity contribution in [3.63, 3.8) is 0 Å². The molecular weight excluding hydrogens is 259 g/mol. The summed E-state index contributed by atoms with van der Waals surface area (Å²) in [6, 6.07) is 6.53. The summed E-state index contributed by atoms with van der Waals surface area (Å²) in [5.41, 5.74) is 5.73. The number of amides is 1. The molecule has 18 heavy (non-hydrogen) atoms. The molecule has 0 unspecified atom stereocenters. The number of aromatic nitrogens is 2. The number of nitrogens with two attached hydrogens (primary N) is 1. The monoisotopic (exact) mass is 266 g/mol. The first-order valence-electron chi connectivity index (χ1n) is 4.92. The van der Waals surface area contributed by atoms with Gasteiger partial charge in [0.05, 0.1) is 10.7 Å². The molecule has 92 valence electrons. The molecule has 0 spiro atoms. The van der Waals surface area contributed by atoms with Gasteiger partial charge >= 0.3 is 0 Å². The average molecular weight is 267 g/mol. The number of hydrogen-bond donors (Lipinski definition) is 2.